The van der Waals surface area contributed by atoms with Gasteiger partial charge in [-0.25, -0.2) is 8.78 Å². The lowest BCUT2D eigenvalue weighted by atomic mass is 9.80. The molecule has 1 fully saturated rings. The van der Waals surface area contributed by atoms with Crippen molar-refractivity contribution in [3.05, 3.63) is 0 Å². The van der Waals surface area contributed by atoms with E-state index in [2.05, 4.69) is 13.8 Å². The third-order valence-corrected chi connectivity index (χ3v) is 3.87. The normalized spacial score (nSPS) is 23.2. The van der Waals surface area contributed by atoms with Crippen molar-refractivity contribution in [2.24, 2.45) is 11.8 Å². The average Bonchev–Trinajstić information content (AvgIpc) is 2.22. The molecule has 1 aliphatic rings. The lowest BCUT2D eigenvalue weighted by Gasteiger charge is -2.29. The predicted octanol–water partition coefficient (Wildman–Crippen LogP) is 5.42. The van der Waals surface area contributed by atoms with Crippen LogP contribution in [0, 0.1) is 11.8 Å². The second-order valence-corrected chi connectivity index (χ2v) is 5.64. The van der Waals surface area contributed by atoms with E-state index in [0.29, 0.717) is 5.92 Å². The molecule has 0 amide bonds. The molecule has 0 N–H and O–H groups in total. The molecule has 0 radical (unpaired) electrons. The fourth-order valence-electron chi connectivity index (χ4n) is 2.77. The standard InChI is InChI=1S/C14H26F2/c1-3-4-5-6-12(2)11-13-7-9-14(15,16)10-8-13/h12-13H,3-11H2,1-2H3. The van der Waals surface area contributed by atoms with Crippen LogP contribution in [0.2, 0.25) is 0 Å². The maximum absolute atomic E-state index is 13.0. The van der Waals surface area contributed by atoms with Gasteiger partial charge in [-0.3, -0.25) is 0 Å². The molecule has 1 rings (SSSR count). The Kier molecular flexibility index (Phi) is 5.71. The van der Waals surface area contributed by atoms with Gasteiger partial charge in [0.15, 0.2) is 0 Å². The minimum absolute atomic E-state index is 0.124. The molecule has 1 atom stereocenters. The van der Waals surface area contributed by atoms with Gasteiger partial charge in [0.05, 0.1) is 0 Å². The summed E-state index contributed by atoms with van der Waals surface area (Å²) >= 11 is 0. The summed E-state index contributed by atoms with van der Waals surface area (Å²) < 4.78 is 25.9. The zero-order valence-corrected chi connectivity index (χ0v) is 10.8. The van der Waals surface area contributed by atoms with Crippen LogP contribution >= 0.6 is 0 Å². The Morgan fingerprint density at radius 2 is 1.81 bits per heavy atom. The Morgan fingerprint density at radius 3 is 2.38 bits per heavy atom. The van der Waals surface area contributed by atoms with E-state index in [1.165, 1.54) is 32.1 Å². The first-order valence-electron chi connectivity index (χ1n) is 6.91. The fraction of sp³-hybridized carbons (Fsp3) is 1.00. The number of rotatable bonds is 6. The van der Waals surface area contributed by atoms with Gasteiger partial charge in [-0.05, 0) is 31.1 Å². The van der Waals surface area contributed by atoms with Gasteiger partial charge in [0.1, 0.15) is 0 Å². The lowest BCUT2D eigenvalue weighted by molar-refractivity contribution is -0.0479. The van der Waals surface area contributed by atoms with Crippen LogP contribution in [0.1, 0.15) is 71.6 Å². The Hall–Kier alpha value is -0.140. The van der Waals surface area contributed by atoms with E-state index < -0.39 is 5.92 Å². The van der Waals surface area contributed by atoms with Crippen molar-refractivity contribution in [3.8, 4) is 0 Å². The summed E-state index contributed by atoms with van der Waals surface area (Å²) in [6.45, 7) is 4.50. The molecular weight excluding hydrogens is 206 g/mol. The van der Waals surface area contributed by atoms with Crippen LogP contribution in [0.3, 0.4) is 0 Å². The van der Waals surface area contributed by atoms with Crippen molar-refractivity contribution in [2.45, 2.75) is 77.6 Å². The first-order chi connectivity index (χ1) is 7.53. The topological polar surface area (TPSA) is 0 Å². The summed E-state index contributed by atoms with van der Waals surface area (Å²) in [5, 5.41) is 0. The number of halogens is 2. The third-order valence-electron chi connectivity index (χ3n) is 3.87. The second-order valence-electron chi connectivity index (χ2n) is 5.64. The minimum atomic E-state index is -2.36. The predicted molar refractivity (Wildman–Crippen MR) is 64.8 cm³/mol. The molecule has 16 heavy (non-hydrogen) atoms. The molecule has 0 heterocycles. The molecule has 0 aromatic heterocycles. The van der Waals surface area contributed by atoms with Gasteiger partial charge in [0.25, 0.3) is 0 Å². The highest BCUT2D eigenvalue weighted by molar-refractivity contribution is 4.78. The van der Waals surface area contributed by atoms with Crippen LogP contribution in [-0.4, -0.2) is 5.92 Å². The largest absolute Gasteiger partial charge is 0.248 e. The van der Waals surface area contributed by atoms with Gasteiger partial charge in [-0.2, -0.15) is 0 Å². The van der Waals surface area contributed by atoms with E-state index in [9.17, 15) is 8.78 Å². The first-order valence-corrected chi connectivity index (χ1v) is 6.91. The van der Waals surface area contributed by atoms with E-state index >= 15 is 0 Å². The quantitative estimate of drug-likeness (QED) is 0.536. The second kappa shape index (κ2) is 6.56. The molecule has 1 unspecified atom stereocenters. The zero-order chi connectivity index (χ0) is 12.0. The molecule has 0 aromatic rings. The summed E-state index contributed by atoms with van der Waals surface area (Å²) in [5.74, 6) is -1.07. The van der Waals surface area contributed by atoms with Gasteiger partial charge < -0.3 is 0 Å². The molecule has 2 heteroatoms. The summed E-state index contributed by atoms with van der Waals surface area (Å²) in [4.78, 5) is 0. The smallest absolute Gasteiger partial charge is 0.207 e. The highest BCUT2D eigenvalue weighted by Crippen LogP contribution is 2.38. The highest BCUT2D eigenvalue weighted by atomic mass is 19.3. The molecule has 0 aliphatic heterocycles. The summed E-state index contributed by atoms with van der Waals surface area (Å²) in [6, 6.07) is 0. The van der Waals surface area contributed by atoms with Gasteiger partial charge >= 0.3 is 0 Å². The monoisotopic (exact) mass is 232 g/mol. The van der Waals surface area contributed by atoms with Crippen molar-refractivity contribution in [1.29, 1.82) is 0 Å². The van der Waals surface area contributed by atoms with Crippen molar-refractivity contribution < 1.29 is 8.78 Å². The van der Waals surface area contributed by atoms with Crippen molar-refractivity contribution >= 4 is 0 Å². The number of alkyl halides is 2. The van der Waals surface area contributed by atoms with Crippen molar-refractivity contribution in [3.63, 3.8) is 0 Å². The molecule has 1 aliphatic carbocycles. The molecular formula is C14H26F2. The molecule has 96 valence electrons. The SMILES string of the molecule is CCCCCC(C)CC1CCC(F)(F)CC1. The maximum Gasteiger partial charge on any atom is 0.248 e. The van der Waals surface area contributed by atoms with Gasteiger partial charge in [-0.15, -0.1) is 0 Å². The number of unbranched alkanes of at least 4 members (excludes halogenated alkanes) is 2. The fourth-order valence-corrected chi connectivity index (χ4v) is 2.77. The van der Waals surface area contributed by atoms with Crippen LogP contribution in [0.4, 0.5) is 8.78 Å². The Labute approximate surface area is 98.8 Å². The van der Waals surface area contributed by atoms with Crippen molar-refractivity contribution in [1.82, 2.24) is 0 Å². The van der Waals surface area contributed by atoms with Crippen LogP contribution in [0.25, 0.3) is 0 Å². The number of hydrogen-bond acceptors (Lipinski definition) is 0. The molecule has 0 bridgehead atoms. The Bertz CT molecular complexity index is 179. The van der Waals surface area contributed by atoms with Crippen LogP contribution in [0.5, 0.6) is 0 Å². The summed E-state index contributed by atoms with van der Waals surface area (Å²) in [5.41, 5.74) is 0. The lowest BCUT2D eigenvalue weighted by Crippen LogP contribution is -2.25. The molecule has 0 nitrogen and oxygen atoms in total. The van der Waals surface area contributed by atoms with Crippen LogP contribution < -0.4 is 0 Å². The Morgan fingerprint density at radius 1 is 1.19 bits per heavy atom. The first kappa shape index (κ1) is 13.9. The van der Waals surface area contributed by atoms with Gasteiger partial charge in [-0.1, -0.05) is 39.5 Å². The van der Waals surface area contributed by atoms with Gasteiger partial charge in [0, 0.05) is 12.8 Å². The Balaban J connectivity index is 2.13. The molecule has 0 saturated heterocycles. The number of hydrogen-bond donors (Lipinski definition) is 0. The van der Waals surface area contributed by atoms with Crippen molar-refractivity contribution in [2.75, 3.05) is 0 Å². The molecule has 1 saturated carbocycles. The van der Waals surface area contributed by atoms with E-state index in [0.717, 1.165) is 18.8 Å². The maximum atomic E-state index is 13.0. The van der Waals surface area contributed by atoms with Crippen LogP contribution in [0.15, 0.2) is 0 Å². The molecule has 0 spiro atoms. The van der Waals surface area contributed by atoms with E-state index in [-0.39, 0.29) is 12.8 Å². The average molecular weight is 232 g/mol. The molecule has 0 aromatic carbocycles. The van der Waals surface area contributed by atoms with Gasteiger partial charge in [0.2, 0.25) is 5.92 Å². The highest BCUT2D eigenvalue weighted by Gasteiger charge is 2.34. The zero-order valence-electron chi connectivity index (χ0n) is 10.8. The summed E-state index contributed by atoms with van der Waals surface area (Å²) in [6.07, 6.45) is 8.06. The van der Waals surface area contributed by atoms with E-state index in [1.54, 1.807) is 0 Å². The third kappa shape index (κ3) is 5.27. The van der Waals surface area contributed by atoms with E-state index in [1.807, 2.05) is 0 Å². The van der Waals surface area contributed by atoms with Crippen LogP contribution in [-0.2, 0) is 0 Å². The summed E-state index contributed by atoms with van der Waals surface area (Å²) in [7, 11) is 0. The van der Waals surface area contributed by atoms with E-state index in [4.69, 9.17) is 0 Å². The minimum Gasteiger partial charge on any atom is -0.207 e.